The number of hydrogen-bond donors (Lipinski definition) is 0. The van der Waals surface area contributed by atoms with Gasteiger partial charge in [0.15, 0.2) is 12.1 Å². The third kappa shape index (κ3) is 1.75. The van der Waals surface area contributed by atoms with Gasteiger partial charge in [-0.3, -0.25) is 9.59 Å². The first-order valence-electron chi connectivity index (χ1n) is 3.58. The van der Waals surface area contributed by atoms with Crippen molar-refractivity contribution in [1.82, 2.24) is 4.98 Å². The van der Waals surface area contributed by atoms with Gasteiger partial charge in [-0.15, -0.1) is 0 Å². The first-order chi connectivity index (χ1) is 5.63. The molecule has 0 atom stereocenters. The summed E-state index contributed by atoms with van der Waals surface area (Å²) in [4.78, 5) is 25.1. The summed E-state index contributed by atoms with van der Waals surface area (Å²) in [5.74, 6) is -0.123. The maximum Gasteiger partial charge on any atom is 0.178 e. The number of aldehydes is 1. The minimum atomic E-state index is -0.123. The van der Waals surface area contributed by atoms with E-state index in [4.69, 9.17) is 0 Å². The largest absolute Gasteiger partial charge is 0.296 e. The van der Waals surface area contributed by atoms with Gasteiger partial charge in [0.1, 0.15) is 11.4 Å². The second-order valence-electron chi connectivity index (χ2n) is 2.63. The molecule has 0 aliphatic rings. The highest BCUT2D eigenvalue weighted by Crippen LogP contribution is 2.03. The smallest absolute Gasteiger partial charge is 0.178 e. The molecule has 1 rings (SSSR count). The Hall–Kier alpha value is -1.51. The Bertz CT molecular complexity index is 331. The minimum absolute atomic E-state index is 0.123. The lowest BCUT2D eigenvalue weighted by Gasteiger charge is -1.98. The molecule has 0 aliphatic heterocycles. The highest BCUT2D eigenvalue weighted by atomic mass is 16.1. The van der Waals surface area contributed by atoms with Crippen LogP contribution in [-0.4, -0.2) is 17.1 Å². The summed E-state index contributed by atoms with van der Waals surface area (Å²) in [7, 11) is 0. The zero-order valence-corrected chi connectivity index (χ0v) is 7.00. The molecule has 0 radical (unpaired) electrons. The van der Waals surface area contributed by atoms with Gasteiger partial charge in [-0.05, 0) is 24.6 Å². The Morgan fingerprint density at radius 2 is 2.17 bits per heavy atom. The molecule has 3 heteroatoms. The minimum Gasteiger partial charge on any atom is -0.296 e. The van der Waals surface area contributed by atoms with Gasteiger partial charge in [-0.25, -0.2) is 4.98 Å². The van der Waals surface area contributed by atoms with Crippen LogP contribution in [0.25, 0.3) is 0 Å². The molecule has 12 heavy (non-hydrogen) atoms. The quantitative estimate of drug-likeness (QED) is 0.489. The first-order valence-corrected chi connectivity index (χ1v) is 3.58. The number of pyridine rings is 1. The van der Waals surface area contributed by atoms with E-state index in [1.54, 1.807) is 12.1 Å². The fourth-order valence-electron chi connectivity index (χ4n) is 0.935. The molecule has 1 aromatic rings. The van der Waals surface area contributed by atoms with Gasteiger partial charge in [-0.1, -0.05) is 0 Å². The van der Waals surface area contributed by atoms with Crippen LogP contribution in [0, 0.1) is 6.92 Å². The maximum atomic E-state index is 10.9. The van der Waals surface area contributed by atoms with Crippen LogP contribution in [0.5, 0.6) is 0 Å². The fraction of sp³-hybridized carbons (Fsp3) is 0.222. The van der Waals surface area contributed by atoms with E-state index in [1.807, 2.05) is 6.92 Å². The molecule has 62 valence electrons. The van der Waals surface area contributed by atoms with Crippen LogP contribution >= 0.6 is 0 Å². The molecule has 3 nitrogen and oxygen atoms in total. The summed E-state index contributed by atoms with van der Waals surface area (Å²) >= 11 is 0. The molecular formula is C9H9NO2. The molecule has 0 aromatic carbocycles. The highest BCUT2D eigenvalue weighted by Gasteiger charge is 2.03. The molecular weight excluding hydrogens is 154 g/mol. The molecule has 0 N–H and O–H groups in total. The van der Waals surface area contributed by atoms with Gasteiger partial charge in [0.05, 0.1) is 0 Å². The molecule has 0 fully saturated rings. The Balaban J connectivity index is 3.23. The molecule has 0 unspecified atom stereocenters. The van der Waals surface area contributed by atoms with Crippen molar-refractivity contribution in [1.29, 1.82) is 0 Å². The second-order valence-corrected chi connectivity index (χ2v) is 2.63. The van der Waals surface area contributed by atoms with E-state index >= 15 is 0 Å². The lowest BCUT2D eigenvalue weighted by atomic mass is 10.2. The molecule has 0 saturated carbocycles. The highest BCUT2D eigenvalue weighted by molar-refractivity contribution is 5.93. The second kappa shape index (κ2) is 3.26. The summed E-state index contributed by atoms with van der Waals surface area (Å²) in [6.07, 6.45) is 0.638. The fourth-order valence-corrected chi connectivity index (χ4v) is 0.935. The predicted octanol–water partition coefficient (Wildman–Crippen LogP) is 1.41. The van der Waals surface area contributed by atoms with Crippen LogP contribution in [0.1, 0.15) is 33.5 Å². The third-order valence-corrected chi connectivity index (χ3v) is 1.47. The molecule has 1 aromatic heterocycles. The van der Waals surface area contributed by atoms with Crippen molar-refractivity contribution in [2.24, 2.45) is 0 Å². The van der Waals surface area contributed by atoms with Crippen LogP contribution in [0.3, 0.4) is 0 Å². The Labute approximate surface area is 70.4 Å². The van der Waals surface area contributed by atoms with E-state index in [0.717, 1.165) is 5.56 Å². The Morgan fingerprint density at radius 3 is 2.67 bits per heavy atom. The van der Waals surface area contributed by atoms with Crippen LogP contribution in [0.15, 0.2) is 12.1 Å². The van der Waals surface area contributed by atoms with Gasteiger partial charge in [-0.2, -0.15) is 0 Å². The number of ketones is 1. The SMILES string of the molecule is CC(=O)c1cc(C)cc(C=O)n1. The molecule has 0 bridgehead atoms. The van der Waals surface area contributed by atoms with Crippen molar-refractivity contribution < 1.29 is 9.59 Å². The summed E-state index contributed by atoms with van der Waals surface area (Å²) < 4.78 is 0. The zero-order chi connectivity index (χ0) is 9.14. The number of carbonyl (C=O) groups is 2. The van der Waals surface area contributed by atoms with E-state index < -0.39 is 0 Å². The van der Waals surface area contributed by atoms with E-state index in [-0.39, 0.29) is 5.78 Å². The number of nitrogens with zero attached hydrogens (tertiary/aromatic N) is 1. The van der Waals surface area contributed by atoms with Crippen molar-refractivity contribution in [2.45, 2.75) is 13.8 Å². The number of carbonyl (C=O) groups excluding carboxylic acids is 2. The van der Waals surface area contributed by atoms with E-state index in [9.17, 15) is 9.59 Å². The van der Waals surface area contributed by atoms with Crippen LogP contribution in [0.4, 0.5) is 0 Å². The van der Waals surface area contributed by atoms with Gasteiger partial charge in [0.25, 0.3) is 0 Å². The Kier molecular flexibility index (Phi) is 2.33. The predicted molar refractivity (Wildman–Crippen MR) is 44.4 cm³/mol. The van der Waals surface area contributed by atoms with E-state index in [0.29, 0.717) is 17.7 Å². The van der Waals surface area contributed by atoms with Crippen molar-refractivity contribution in [3.63, 3.8) is 0 Å². The van der Waals surface area contributed by atoms with Gasteiger partial charge in [0.2, 0.25) is 0 Å². The van der Waals surface area contributed by atoms with Crippen LogP contribution < -0.4 is 0 Å². The van der Waals surface area contributed by atoms with E-state index in [1.165, 1.54) is 6.92 Å². The van der Waals surface area contributed by atoms with Gasteiger partial charge >= 0.3 is 0 Å². The summed E-state index contributed by atoms with van der Waals surface area (Å²) in [6, 6.07) is 3.30. The number of aryl methyl sites for hydroxylation is 1. The molecule has 0 spiro atoms. The van der Waals surface area contributed by atoms with Crippen molar-refractivity contribution >= 4 is 12.1 Å². The number of hydrogen-bond acceptors (Lipinski definition) is 3. The molecule has 0 saturated heterocycles. The maximum absolute atomic E-state index is 10.9. The third-order valence-electron chi connectivity index (χ3n) is 1.47. The first kappa shape index (κ1) is 8.59. The summed E-state index contributed by atoms with van der Waals surface area (Å²) in [6.45, 7) is 3.25. The monoisotopic (exact) mass is 163 g/mol. The van der Waals surface area contributed by atoms with Crippen LogP contribution in [0.2, 0.25) is 0 Å². The number of rotatable bonds is 2. The number of Topliss-reactive ketones (excluding diaryl/α,β-unsaturated/α-hetero) is 1. The summed E-state index contributed by atoms with van der Waals surface area (Å²) in [5.41, 5.74) is 1.52. The Morgan fingerprint density at radius 1 is 1.50 bits per heavy atom. The topological polar surface area (TPSA) is 47.0 Å². The lowest BCUT2D eigenvalue weighted by molar-refractivity contribution is 0.101. The van der Waals surface area contributed by atoms with Crippen molar-refractivity contribution in [3.8, 4) is 0 Å². The lowest BCUT2D eigenvalue weighted by Crippen LogP contribution is -2.00. The van der Waals surface area contributed by atoms with Crippen molar-refractivity contribution in [2.75, 3.05) is 0 Å². The normalized spacial score (nSPS) is 9.50. The molecule has 0 aliphatic carbocycles. The zero-order valence-electron chi connectivity index (χ0n) is 7.00. The van der Waals surface area contributed by atoms with Gasteiger partial charge < -0.3 is 0 Å². The van der Waals surface area contributed by atoms with Crippen LogP contribution in [-0.2, 0) is 0 Å². The average Bonchev–Trinajstić information content (AvgIpc) is 2.03. The molecule has 0 amide bonds. The average molecular weight is 163 g/mol. The number of aromatic nitrogens is 1. The van der Waals surface area contributed by atoms with Crippen molar-refractivity contribution in [3.05, 3.63) is 29.1 Å². The summed E-state index contributed by atoms with van der Waals surface area (Å²) in [5, 5.41) is 0. The van der Waals surface area contributed by atoms with Gasteiger partial charge in [0, 0.05) is 6.92 Å². The molecule has 1 heterocycles. The standard InChI is InChI=1S/C9H9NO2/c1-6-3-8(5-11)10-9(4-6)7(2)12/h3-5H,1-2H3. The van der Waals surface area contributed by atoms with E-state index in [2.05, 4.69) is 4.98 Å².